The molecule has 1 aliphatic heterocycles. The van der Waals surface area contributed by atoms with Crippen molar-refractivity contribution in [3.63, 3.8) is 0 Å². The molecule has 2 N–H and O–H groups in total. The van der Waals surface area contributed by atoms with E-state index in [1.807, 2.05) is 23.9 Å². The van der Waals surface area contributed by atoms with Gasteiger partial charge in [-0.1, -0.05) is 0 Å². The Morgan fingerprint density at radius 1 is 1.22 bits per heavy atom. The molecule has 0 bridgehead atoms. The molecular formula is C26H33FN6O2S2. The average Bonchev–Trinajstić information content (AvgIpc) is 3.51. The minimum atomic E-state index is -1.11. The summed E-state index contributed by atoms with van der Waals surface area (Å²) in [7, 11) is 3.54. The summed E-state index contributed by atoms with van der Waals surface area (Å²) in [5.41, 5.74) is 9.78. The third-order valence-corrected chi connectivity index (χ3v) is 7.14. The molecule has 8 nitrogen and oxygen atoms in total. The first kappa shape index (κ1) is 27.3. The molecule has 11 heteroatoms. The maximum absolute atomic E-state index is 14.1. The molecule has 2 atom stereocenters. The van der Waals surface area contributed by atoms with Crippen LogP contribution in [0.5, 0.6) is 5.75 Å². The first-order chi connectivity index (χ1) is 16.9. The highest BCUT2D eigenvalue weighted by Crippen LogP contribution is 2.37. The van der Waals surface area contributed by atoms with E-state index in [-0.39, 0.29) is 51.9 Å². The lowest BCUT2D eigenvalue weighted by atomic mass is 10.0. The number of ether oxygens (including phenoxy) is 1. The van der Waals surface area contributed by atoms with Crippen LogP contribution in [0.25, 0.3) is 33.6 Å². The number of alkyl halides is 1. The number of fused-ring (bicyclic) bond motifs is 2. The van der Waals surface area contributed by atoms with Crippen molar-refractivity contribution in [3.8, 4) is 17.3 Å². The molecule has 37 heavy (non-hydrogen) atoms. The highest BCUT2D eigenvalue weighted by Gasteiger charge is 2.30. The van der Waals surface area contributed by atoms with Crippen molar-refractivity contribution < 1.29 is 13.9 Å². The van der Waals surface area contributed by atoms with Crippen molar-refractivity contribution in [1.29, 1.82) is 0 Å². The normalized spacial score (nSPS) is 19.5. The summed E-state index contributed by atoms with van der Waals surface area (Å²) in [5, 5.41) is 1.07. The quantitative estimate of drug-likeness (QED) is 0.413. The lowest BCUT2D eigenvalue weighted by molar-refractivity contribution is 0.0606. The second-order valence-corrected chi connectivity index (χ2v) is 9.84. The lowest BCUT2D eigenvalue weighted by Crippen LogP contribution is -2.50. The Bertz CT molecular complexity index is 1440. The van der Waals surface area contributed by atoms with E-state index in [1.165, 1.54) is 17.7 Å². The molecule has 0 radical (unpaired) electrons. The fraction of sp³-hybridized carbons (Fsp3) is 0.423. The molecular weight excluding hydrogens is 511 g/mol. The topological polar surface area (TPSA) is 91.2 Å². The van der Waals surface area contributed by atoms with Gasteiger partial charge in [-0.15, -0.1) is 0 Å². The van der Waals surface area contributed by atoms with E-state index < -0.39 is 6.17 Å². The van der Waals surface area contributed by atoms with Gasteiger partial charge in [-0.2, -0.15) is 27.0 Å². The van der Waals surface area contributed by atoms with Crippen LogP contribution >= 0.6 is 27.0 Å². The highest BCUT2D eigenvalue weighted by molar-refractivity contribution is 7.59. The Morgan fingerprint density at radius 2 is 2.00 bits per heavy atom. The van der Waals surface area contributed by atoms with Crippen molar-refractivity contribution in [2.45, 2.75) is 38.0 Å². The fourth-order valence-corrected chi connectivity index (χ4v) is 5.26. The first-order valence-corrected chi connectivity index (χ1v) is 12.1. The number of amides is 1. The predicted octanol–water partition coefficient (Wildman–Crippen LogP) is 3.75. The number of carbonyl (C=O) groups is 1. The van der Waals surface area contributed by atoms with Gasteiger partial charge >= 0.3 is 0 Å². The molecule has 3 aromatic heterocycles. The highest BCUT2D eigenvalue weighted by atomic mass is 32.1. The molecule has 1 saturated carbocycles. The zero-order valence-corrected chi connectivity index (χ0v) is 22.9. The van der Waals surface area contributed by atoms with E-state index in [9.17, 15) is 9.18 Å². The van der Waals surface area contributed by atoms with E-state index in [0.717, 1.165) is 34.6 Å². The third-order valence-electron chi connectivity index (χ3n) is 7.14. The SMILES string of the molecule is COc1cc(C(=O)N2C[C@@H](N)C[C@H](F)C2)cc2nc(-c3cc4cccnc4n3CC3CC3)n(C)c12.S.S. The van der Waals surface area contributed by atoms with Crippen LogP contribution in [0.2, 0.25) is 0 Å². The lowest BCUT2D eigenvalue weighted by Gasteiger charge is -2.33. The smallest absolute Gasteiger partial charge is 0.254 e. The number of carbonyl (C=O) groups excluding carboxylic acids is 1. The molecule has 4 heterocycles. The number of aromatic nitrogens is 4. The van der Waals surface area contributed by atoms with E-state index in [1.54, 1.807) is 19.2 Å². The van der Waals surface area contributed by atoms with Crippen LogP contribution in [0.1, 0.15) is 29.6 Å². The van der Waals surface area contributed by atoms with Crippen LogP contribution in [-0.4, -0.2) is 62.3 Å². The summed E-state index contributed by atoms with van der Waals surface area (Å²) in [6.45, 7) is 1.29. The summed E-state index contributed by atoms with van der Waals surface area (Å²) in [6, 6.07) is 9.25. The standard InChI is InChI=1S/C26H29FN6O2.2H2S/c1-31-23-20(8-17(10-22(23)35-2)26(34)32-13-18(27)11-19(28)14-32)30-25(31)21-9-16-4-3-7-29-24(16)33(21)12-15-5-6-15;;/h3-4,7-10,15,18-19H,5-6,11-14,28H2,1-2H3;2*1H2/t18-,19-;;/m0../s1. The summed E-state index contributed by atoms with van der Waals surface area (Å²) in [4.78, 5) is 24.3. The number of rotatable bonds is 5. The number of aryl methyl sites for hydroxylation is 1. The van der Waals surface area contributed by atoms with E-state index in [2.05, 4.69) is 21.7 Å². The van der Waals surface area contributed by atoms with Crippen LogP contribution in [0.4, 0.5) is 4.39 Å². The number of benzene rings is 1. The maximum atomic E-state index is 14.1. The summed E-state index contributed by atoms with van der Waals surface area (Å²) < 4.78 is 24.1. The van der Waals surface area contributed by atoms with Crippen LogP contribution in [-0.2, 0) is 13.6 Å². The summed E-state index contributed by atoms with van der Waals surface area (Å²) in [5.74, 6) is 1.73. The number of hydrogen-bond donors (Lipinski definition) is 1. The zero-order chi connectivity index (χ0) is 24.3. The molecule has 6 rings (SSSR count). The van der Waals surface area contributed by atoms with Crippen molar-refractivity contribution in [2.24, 2.45) is 18.7 Å². The molecule has 1 amide bonds. The molecule has 0 unspecified atom stereocenters. The van der Waals surface area contributed by atoms with Crippen molar-refractivity contribution >= 4 is 55.0 Å². The number of methoxy groups -OCH3 is 1. The third kappa shape index (κ3) is 4.92. The molecule has 1 aliphatic carbocycles. The van der Waals surface area contributed by atoms with Crippen LogP contribution in [0.3, 0.4) is 0 Å². The maximum Gasteiger partial charge on any atom is 0.254 e. The van der Waals surface area contributed by atoms with Gasteiger partial charge in [-0.25, -0.2) is 14.4 Å². The van der Waals surface area contributed by atoms with Crippen molar-refractivity contribution in [1.82, 2.24) is 24.0 Å². The molecule has 1 saturated heterocycles. The molecule has 0 spiro atoms. The van der Waals surface area contributed by atoms with E-state index in [4.69, 9.17) is 15.5 Å². The van der Waals surface area contributed by atoms with Gasteiger partial charge in [0.25, 0.3) is 5.91 Å². The Labute approximate surface area is 228 Å². The number of nitrogens with two attached hydrogens (primary N) is 1. The minimum Gasteiger partial charge on any atom is -0.494 e. The Hall–Kier alpha value is -2.76. The Balaban J connectivity index is 0.00000160. The van der Waals surface area contributed by atoms with Gasteiger partial charge in [0.2, 0.25) is 0 Å². The van der Waals surface area contributed by atoms with E-state index in [0.29, 0.717) is 29.3 Å². The van der Waals surface area contributed by atoms with Crippen molar-refractivity contribution in [3.05, 3.63) is 42.1 Å². The van der Waals surface area contributed by atoms with Gasteiger partial charge in [0.1, 0.15) is 23.1 Å². The monoisotopic (exact) mass is 544 g/mol. The number of hydrogen-bond acceptors (Lipinski definition) is 5. The largest absolute Gasteiger partial charge is 0.494 e. The molecule has 198 valence electrons. The minimum absolute atomic E-state index is 0. The fourth-order valence-electron chi connectivity index (χ4n) is 5.26. The Kier molecular flexibility index (Phi) is 7.77. The molecule has 1 aromatic carbocycles. The zero-order valence-electron chi connectivity index (χ0n) is 20.9. The summed E-state index contributed by atoms with van der Waals surface area (Å²) >= 11 is 0. The predicted molar refractivity (Wildman–Crippen MR) is 153 cm³/mol. The van der Waals surface area contributed by atoms with E-state index >= 15 is 0 Å². The first-order valence-electron chi connectivity index (χ1n) is 12.1. The molecule has 2 aliphatic rings. The molecule has 4 aromatic rings. The van der Waals surface area contributed by atoms with Crippen molar-refractivity contribution in [2.75, 3.05) is 20.2 Å². The number of halogens is 1. The number of pyridine rings is 1. The number of imidazole rings is 1. The van der Waals surface area contributed by atoms with Gasteiger partial charge in [0, 0.05) is 43.3 Å². The number of likely N-dealkylation sites (tertiary alicyclic amines) is 1. The van der Waals surface area contributed by atoms with Gasteiger partial charge in [0.15, 0.2) is 5.82 Å². The second-order valence-electron chi connectivity index (χ2n) is 9.84. The number of piperidine rings is 1. The van der Waals surface area contributed by atoms with Gasteiger partial charge in [-0.05, 0) is 55.5 Å². The Morgan fingerprint density at radius 3 is 2.70 bits per heavy atom. The molecule has 2 fully saturated rings. The van der Waals surface area contributed by atoms with Crippen LogP contribution in [0.15, 0.2) is 36.5 Å². The summed E-state index contributed by atoms with van der Waals surface area (Å²) in [6.07, 6.45) is 3.44. The van der Waals surface area contributed by atoms with Crippen LogP contribution < -0.4 is 10.5 Å². The van der Waals surface area contributed by atoms with Gasteiger partial charge in [0.05, 0.1) is 24.9 Å². The second kappa shape index (κ2) is 10.5. The van der Waals surface area contributed by atoms with Gasteiger partial charge in [-0.3, -0.25) is 4.79 Å². The average molecular weight is 545 g/mol. The van der Waals surface area contributed by atoms with Crippen LogP contribution in [0, 0.1) is 5.92 Å². The van der Waals surface area contributed by atoms with Gasteiger partial charge < -0.3 is 24.5 Å². The number of nitrogens with zero attached hydrogens (tertiary/aromatic N) is 5.